The average molecular weight is 310 g/mol. The molecule has 1 amide bonds. The van der Waals surface area contributed by atoms with Crippen molar-refractivity contribution in [1.82, 2.24) is 4.98 Å². The lowest BCUT2D eigenvalue weighted by Crippen LogP contribution is -2.40. The molecule has 0 aliphatic carbocycles. The van der Waals surface area contributed by atoms with Crippen LogP contribution in [0.4, 0.5) is 5.69 Å². The standard InChI is InChI=1S/C15H19N3O2.ClH/c1-3-10(2)14(16)15(19)18-12-6-4-11(5-7-12)13-8-17-9-20-13;/h4-10,14H,3,16H2,1-2H3,(H,18,19);1H. The van der Waals surface area contributed by atoms with E-state index in [1.54, 1.807) is 6.20 Å². The molecule has 0 saturated heterocycles. The normalized spacial score (nSPS) is 13.1. The molecule has 21 heavy (non-hydrogen) atoms. The summed E-state index contributed by atoms with van der Waals surface area (Å²) >= 11 is 0. The second-order valence-corrected chi connectivity index (χ2v) is 4.84. The number of carbonyl (C=O) groups excluding carboxylic acids is 1. The summed E-state index contributed by atoms with van der Waals surface area (Å²) < 4.78 is 5.21. The number of anilines is 1. The zero-order valence-electron chi connectivity index (χ0n) is 12.1. The van der Waals surface area contributed by atoms with Gasteiger partial charge in [0.2, 0.25) is 5.91 Å². The molecule has 0 aliphatic rings. The van der Waals surface area contributed by atoms with Crippen LogP contribution in [0.3, 0.4) is 0 Å². The van der Waals surface area contributed by atoms with Gasteiger partial charge >= 0.3 is 0 Å². The summed E-state index contributed by atoms with van der Waals surface area (Å²) in [5.41, 5.74) is 7.52. The molecule has 3 N–H and O–H groups in total. The van der Waals surface area contributed by atoms with E-state index in [-0.39, 0.29) is 24.2 Å². The zero-order valence-corrected chi connectivity index (χ0v) is 12.9. The molecule has 2 atom stereocenters. The van der Waals surface area contributed by atoms with Crippen LogP contribution in [0.2, 0.25) is 0 Å². The molecule has 2 rings (SSSR count). The molecule has 0 bridgehead atoms. The number of nitrogens with two attached hydrogens (primary N) is 1. The smallest absolute Gasteiger partial charge is 0.241 e. The number of oxazole rings is 1. The Labute approximate surface area is 130 Å². The first kappa shape index (κ1) is 17.2. The van der Waals surface area contributed by atoms with Crippen molar-refractivity contribution in [2.45, 2.75) is 26.3 Å². The maximum absolute atomic E-state index is 12.0. The molecular formula is C15H20ClN3O2. The number of amides is 1. The van der Waals surface area contributed by atoms with Crippen LogP contribution in [0.15, 0.2) is 41.3 Å². The van der Waals surface area contributed by atoms with Crippen molar-refractivity contribution < 1.29 is 9.21 Å². The quantitative estimate of drug-likeness (QED) is 0.889. The molecule has 0 fully saturated rings. The van der Waals surface area contributed by atoms with Gasteiger partial charge in [-0.15, -0.1) is 12.4 Å². The molecule has 1 heterocycles. The monoisotopic (exact) mass is 309 g/mol. The molecule has 0 aliphatic heterocycles. The average Bonchev–Trinajstić information content (AvgIpc) is 3.00. The van der Waals surface area contributed by atoms with Gasteiger partial charge in [-0.2, -0.15) is 0 Å². The molecule has 5 nitrogen and oxygen atoms in total. The van der Waals surface area contributed by atoms with Crippen LogP contribution in [0, 0.1) is 5.92 Å². The van der Waals surface area contributed by atoms with Crippen molar-refractivity contribution in [2.75, 3.05) is 5.32 Å². The number of hydrogen-bond donors (Lipinski definition) is 2. The third kappa shape index (κ3) is 4.31. The van der Waals surface area contributed by atoms with Crippen molar-refractivity contribution in [3.05, 3.63) is 36.9 Å². The maximum Gasteiger partial charge on any atom is 0.241 e. The topological polar surface area (TPSA) is 81.2 Å². The zero-order chi connectivity index (χ0) is 14.5. The molecule has 2 unspecified atom stereocenters. The van der Waals surface area contributed by atoms with E-state index in [0.717, 1.165) is 17.7 Å². The predicted molar refractivity (Wildman–Crippen MR) is 85.2 cm³/mol. The molecule has 0 radical (unpaired) electrons. The Bertz CT molecular complexity index is 555. The number of carbonyl (C=O) groups is 1. The first-order chi connectivity index (χ1) is 9.61. The minimum absolute atomic E-state index is 0. The molecule has 2 aromatic rings. The Hall–Kier alpha value is -1.85. The lowest BCUT2D eigenvalue weighted by atomic mass is 9.99. The summed E-state index contributed by atoms with van der Waals surface area (Å²) in [6.45, 7) is 3.99. The van der Waals surface area contributed by atoms with Crippen LogP contribution in [0.25, 0.3) is 11.3 Å². The molecule has 0 spiro atoms. The first-order valence-corrected chi connectivity index (χ1v) is 6.67. The van der Waals surface area contributed by atoms with Crippen LogP contribution in [0.1, 0.15) is 20.3 Å². The van der Waals surface area contributed by atoms with Crippen LogP contribution in [0.5, 0.6) is 0 Å². The SMILES string of the molecule is CCC(C)C(N)C(=O)Nc1ccc(-c2cnco2)cc1.Cl. The molecule has 6 heteroatoms. The third-order valence-electron chi connectivity index (χ3n) is 3.43. The van der Waals surface area contributed by atoms with Gasteiger partial charge in [-0.05, 0) is 30.2 Å². The predicted octanol–water partition coefficient (Wildman–Crippen LogP) is 3.08. The Morgan fingerprint density at radius 2 is 2.05 bits per heavy atom. The second-order valence-electron chi connectivity index (χ2n) is 4.84. The van der Waals surface area contributed by atoms with Gasteiger partial charge in [0, 0.05) is 11.3 Å². The van der Waals surface area contributed by atoms with Crippen LogP contribution in [-0.2, 0) is 4.79 Å². The van der Waals surface area contributed by atoms with E-state index in [2.05, 4.69) is 10.3 Å². The summed E-state index contributed by atoms with van der Waals surface area (Å²) in [7, 11) is 0. The van der Waals surface area contributed by atoms with Gasteiger partial charge in [-0.3, -0.25) is 4.79 Å². The van der Waals surface area contributed by atoms with Gasteiger partial charge in [-0.25, -0.2) is 4.98 Å². The van der Waals surface area contributed by atoms with E-state index < -0.39 is 6.04 Å². The second kappa shape index (κ2) is 7.81. The van der Waals surface area contributed by atoms with Crippen LogP contribution in [-0.4, -0.2) is 16.9 Å². The highest BCUT2D eigenvalue weighted by molar-refractivity contribution is 5.95. The van der Waals surface area contributed by atoms with E-state index >= 15 is 0 Å². The van der Waals surface area contributed by atoms with Gasteiger partial charge in [-0.1, -0.05) is 20.3 Å². The highest BCUT2D eigenvalue weighted by atomic mass is 35.5. The van der Waals surface area contributed by atoms with Crippen molar-refractivity contribution >= 4 is 24.0 Å². The van der Waals surface area contributed by atoms with Crippen molar-refractivity contribution in [3.8, 4) is 11.3 Å². The van der Waals surface area contributed by atoms with E-state index in [0.29, 0.717) is 5.76 Å². The Morgan fingerprint density at radius 1 is 1.38 bits per heavy atom. The van der Waals surface area contributed by atoms with Gasteiger partial charge in [0.25, 0.3) is 0 Å². The fraction of sp³-hybridized carbons (Fsp3) is 0.333. The van der Waals surface area contributed by atoms with E-state index in [9.17, 15) is 4.79 Å². The van der Waals surface area contributed by atoms with E-state index in [1.165, 1.54) is 6.39 Å². The van der Waals surface area contributed by atoms with E-state index in [1.807, 2.05) is 38.1 Å². The summed E-state index contributed by atoms with van der Waals surface area (Å²) in [4.78, 5) is 15.8. The number of nitrogens with one attached hydrogen (secondary N) is 1. The molecule has 114 valence electrons. The Morgan fingerprint density at radius 3 is 2.57 bits per heavy atom. The highest BCUT2D eigenvalue weighted by Crippen LogP contribution is 2.21. The van der Waals surface area contributed by atoms with Crippen molar-refractivity contribution in [1.29, 1.82) is 0 Å². The van der Waals surface area contributed by atoms with Crippen molar-refractivity contribution in [2.24, 2.45) is 11.7 Å². The lowest BCUT2D eigenvalue weighted by Gasteiger charge is -2.17. The summed E-state index contributed by atoms with van der Waals surface area (Å²) in [6, 6.07) is 6.88. The molecule has 1 aromatic carbocycles. The fourth-order valence-electron chi connectivity index (χ4n) is 1.81. The number of nitrogens with zero attached hydrogens (tertiary/aromatic N) is 1. The van der Waals surface area contributed by atoms with Gasteiger partial charge in [0.1, 0.15) is 0 Å². The maximum atomic E-state index is 12.0. The Kier molecular flexibility index (Phi) is 6.39. The number of benzene rings is 1. The number of rotatable bonds is 5. The molecular weight excluding hydrogens is 290 g/mol. The minimum atomic E-state index is -0.492. The van der Waals surface area contributed by atoms with Crippen molar-refractivity contribution in [3.63, 3.8) is 0 Å². The van der Waals surface area contributed by atoms with Crippen LogP contribution < -0.4 is 11.1 Å². The van der Waals surface area contributed by atoms with Gasteiger partial charge in [0.05, 0.1) is 12.2 Å². The first-order valence-electron chi connectivity index (χ1n) is 6.67. The molecule has 1 aromatic heterocycles. The summed E-state index contributed by atoms with van der Waals surface area (Å²) in [5.74, 6) is 0.689. The minimum Gasteiger partial charge on any atom is -0.444 e. The van der Waals surface area contributed by atoms with E-state index in [4.69, 9.17) is 10.2 Å². The third-order valence-corrected chi connectivity index (χ3v) is 3.43. The highest BCUT2D eigenvalue weighted by Gasteiger charge is 2.19. The number of halogens is 1. The largest absolute Gasteiger partial charge is 0.444 e. The number of hydrogen-bond acceptors (Lipinski definition) is 4. The fourth-order valence-corrected chi connectivity index (χ4v) is 1.81. The van der Waals surface area contributed by atoms with Crippen LogP contribution >= 0.6 is 12.4 Å². The number of aromatic nitrogens is 1. The summed E-state index contributed by atoms with van der Waals surface area (Å²) in [6.07, 6.45) is 3.90. The Balaban J connectivity index is 0.00000220. The van der Waals surface area contributed by atoms with Gasteiger partial charge < -0.3 is 15.5 Å². The lowest BCUT2D eigenvalue weighted by molar-refractivity contribution is -0.118. The summed E-state index contributed by atoms with van der Waals surface area (Å²) in [5, 5.41) is 2.82. The molecule has 0 saturated carbocycles. The van der Waals surface area contributed by atoms with Gasteiger partial charge in [0.15, 0.2) is 12.2 Å².